The van der Waals surface area contributed by atoms with Crippen molar-refractivity contribution in [2.45, 2.75) is 39.5 Å². The molecule has 0 unspecified atom stereocenters. The van der Waals surface area contributed by atoms with E-state index < -0.39 is 0 Å². The first-order valence-corrected chi connectivity index (χ1v) is 16.3. The van der Waals surface area contributed by atoms with Crippen LogP contribution in [0.2, 0.25) is 5.02 Å². The maximum Gasteiger partial charge on any atom is 0.119 e. The first-order valence-electron chi connectivity index (χ1n) is 16.0. The zero-order chi connectivity index (χ0) is 31.5. The summed E-state index contributed by atoms with van der Waals surface area (Å²) in [5.74, 6) is 2.74. The molecule has 2 heterocycles. The minimum Gasteiger partial charge on any atom is -0.493 e. The summed E-state index contributed by atoms with van der Waals surface area (Å²) in [5, 5.41) is 0.747. The van der Waals surface area contributed by atoms with Crippen LogP contribution in [0.1, 0.15) is 37.2 Å². The molecule has 0 bridgehead atoms. The Morgan fingerprint density at radius 3 is 2.11 bits per heavy atom. The van der Waals surface area contributed by atoms with Crippen molar-refractivity contribution in [3.8, 4) is 28.4 Å². The fourth-order valence-electron chi connectivity index (χ4n) is 5.30. The van der Waals surface area contributed by atoms with Gasteiger partial charge in [-0.1, -0.05) is 29.8 Å². The molecule has 2 aromatic heterocycles. The number of hydrogen-bond acceptors (Lipinski definition) is 4. The van der Waals surface area contributed by atoms with Crippen molar-refractivity contribution in [1.29, 1.82) is 0 Å². The largest absolute Gasteiger partial charge is 0.493 e. The van der Waals surface area contributed by atoms with Crippen LogP contribution >= 0.6 is 11.6 Å². The van der Waals surface area contributed by atoms with E-state index >= 15 is 0 Å². The Kier molecular flexibility index (Phi) is 11.3. The van der Waals surface area contributed by atoms with Gasteiger partial charge in [0.1, 0.15) is 17.3 Å². The number of hydrogen-bond donors (Lipinski definition) is 0. The standard InChI is InChI=1S/C38H44ClN4O2/c1-4-43(3,5-2)25-7-26-44-36-20-16-34(17-21-36)42-29-37(41-38(42)22-11-31-8-6-24-40-28-31)32-12-18-35(19-13-32)45-27-23-30-9-14-33(39)15-10-30/h6,8-10,12-21,24,28-29H,4-5,7,11,22-23,25-27H2,1-3H3/q+1. The van der Waals surface area contributed by atoms with Crippen LogP contribution in [-0.4, -0.2) is 58.9 Å². The van der Waals surface area contributed by atoms with Gasteiger partial charge in [-0.2, -0.15) is 0 Å². The third kappa shape index (κ3) is 9.19. The van der Waals surface area contributed by atoms with Crippen molar-refractivity contribution in [3.63, 3.8) is 0 Å². The number of benzene rings is 3. The highest BCUT2D eigenvalue weighted by Crippen LogP contribution is 2.26. The molecule has 0 amide bonds. The second kappa shape index (κ2) is 15.7. The van der Waals surface area contributed by atoms with Crippen LogP contribution < -0.4 is 9.47 Å². The lowest BCUT2D eigenvalue weighted by molar-refractivity contribution is -0.906. The van der Waals surface area contributed by atoms with Gasteiger partial charge in [0.25, 0.3) is 0 Å². The van der Waals surface area contributed by atoms with Crippen LogP contribution in [0.3, 0.4) is 0 Å². The van der Waals surface area contributed by atoms with Crippen molar-refractivity contribution in [1.82, 2.24) is 14.5 Å². The number of aromatic nitrogens is 3. The molecule has 0 spiro atoms. The molecule has 0 fully saturated rings. The fraction of sp³-hybridized carbons (Fsp3) is 0.316. The minimum atomic E-state index is 0.601. The molecule has 7 heteroatoms. The predicted octanol–water partition coefficient (Wildman–Crippen LogP) is 8.25. The molecule has 0 aliphatic rings. The second-order valence-electron chi connectivity index (χ2n) is 11.7. The van der Waals surface area contributed by atoms with Gasteiger partial charge in [-0.25, -0.2) is 4.98 Å². The van der Waals surface area contributed by atoms with Gasteiger partial charge >= 0.3 is 0 Å². The molecule has 0 aliphatic heterocycles. The van der Waals surface area contributed by atoms with E-state index in [0.717, 1.165) is 95.7 Å². The van der Waals surface area contributed by atoms with E-state index in [1.54, 1.807) is 0 Å². The lowest BCUT2D eigenvalue weighted by Gasteiger charge is -2.32. The van der Waals surface area contributed by atoms with Gasteiger partial charge in [-0.15, -0.1) is 0 Å². The summed E-state index contributed by atoms with van der Waals surface area (Å²) in [6.07, 6.45) is 9.37. The van der Waals surface area contributed by atoms with E-state index in [4.69, 9.17) is 26.1 Å². The fourth-order valence-corrected chi connectivity index (χ4v) is 5.42. The molecule has 0 aliphatic carbocycles. The number of imidazole rings is 1. The highest BCUT2D eigenvalue weighted by Gasteiger charge is 2.16. The molecule has 45 heavy (non-hydrogen) atoms. The van der Waals surface area contributed by atoms with Gasteiger partial charge in [0, 0.05) is 54.1 Å². The Labute approximate surface area is 272 Å². The maximum atomic E-state index is 6.10. The molecule has 5 aromatic rings. The van der Waals surface area contributed by atoms with Crippen LogP contribution in [0, 0.1) is 0 Å². The third-order valence-corrected chi connectivity index (χ3v) is 8.87. The van der Waals surface area contributed by atoms with Gasteiger partial charge in [-0.3, -0.25) is 4.98 Å². The third-order valence-electron chi connectivity index (χ3n) is 8.61. The van der Waals surface area contributed by atoms with Crippen molar-refractivity contribution in [2.24, 2.45) is 0 Å². The number of pyridine rings is 1. The zero-order valence-corrected chi connectivity index (χ0v) is 27.4. The molecule has 6 nitrogen and oxygen atoms in total. The van der Waals surface area contributed by atoms with E-state index in [-0.39, 0.29) is 0 Å². The van der Waals surface area contributed by atoms with Crippen molar-refractivity contribution in [3.05, 3.63) is 125 Å². The number of rotatable bonds is 16. The Bertz CT molecular complexity index is 1600. The van der Waals surface area contributed by atoms with E-state index in [1.807, 2.05) is 54.9 Å². The van der Waals surface area contributed by atoms with E-state index in [0.29, 0.717) is 6.61 Å². The lowest BCUT2D eigenvalue weighted by Crippen LogP contribution is -2.44. The van der Waals surface area contributed by atoms with Gasteiger partial charge in [-0.05, 0) is 98.1 Å². The highest BCUT2D eigenvalue weighted by atomic mass is 35.5. The number of ether oxygens (including phenoxy) is 2. The van der Waals surface area contributed by atoms with Crippen molar-refractivity contribution in [2.75, 3.05) is 39.9 Å². The molecule has 0 N–H and O–H groups in total. The normalized spacial score (nSPS) is 11.5. The predicted molar refractivity (Wildman–Crippen MR) is 184 cm³/mol. The smallest absolute Gasteiger partial charge is 0.119 e. The summed E-state index contributed by atoms with van der Waals surface area (Å²) in [4.78, 5) is 9.38. The summed E-state index contributed by atoms with van der Waals surface area (Å²) in [6.45, 7) is 9.24. The minimum absolute atomic E-state index is 0.601. The monoisotopic (exact) mass is 623 g/mol. The van der Waals surface area contributed by atoms with Gasteiger partial charge in [0.05, 0.1) is 45.6 Å². The molecular formula is C38H44ClN4O2+. The summed E-state index contributed by atoms with van der Waals surface area (Å²) < 4.78 is 15.4. The van der Waals surface area contributed by atoms with E-state index in [2.05, 4.69) is 79.1 Å². The molecule has 5 rings (SSSR count). The van der Waals surface area contributed by atoms with Crippen LogP contribution in [0.4, 0.5) is 0 Å². The number of quaternary nitrogens is 1. The number of halogens is 1. The van der Waals surface area contributed by atoms with Gasteiger partial charge < -0.3 is 18.5 Å². The van der Waals surface area contributed by atoms with Crippen molar-refractivity contribution < 1.29 is 14.0 Å². The molecule has 0 saturated carbocycles. The topological polar surface area (TPSA) is 49.2 Å². The molecule has 234 valence electrons. The number of nitrogens with zero attached hydrogens (tertiary/aromatic N) is 4. The van der Waals surface area contributed by atoms with E-state index in [1.165, 1.54) is 11.1 Å². The first-order chi connectivity index (χ1) is 21.9. The maximum absolute atomic E-state index is 6.10. The molecular weight excluding hydrogens is 580 g/mol. The number of aryl methyl sites for hydroxylation is 2. The average Bonchev–Trinajstić information content (AvgIpc) is 3.52. The van der Waals surface area contributed by atoms with Crippen LogP contribution in [0.25, 0.3) is 16.9 Å². The second-order valence-corrected chi connectivity index (χ2v) is 12.1. The van der Waals surface area contributed by atoms with Crippen LogP contribution in [-0.2, 0) is 19.3 Å². The van der Waals surface area contributed by atoms with Crippen molar-refractivity contribution >= 4 is 11.6 Å². The first kappa shape index (κ1) is 32.3. The molecule has 0 radical (unpaired) electrons. The lowest BCUT2D eigenvalue weighted by atomic mass is 10.1. The highest BCUT2D eigenvalue weighted by molar-refractivity contribution is 6.30. The quantitative estimate of drug-likeness (QED) is 0.0820. The van der Waals surface area contributed by atoms with Crippen LogP contribution in [0.5, 0.6) is 11.5 Å². The average molecular weight is 624 g/mol. The van der Waals surface area contributed by atoms with E-state index in [9.17, 15) is 0 Å². The Morgan fingerprint density at radius 1 is 0.756 bits per heavy atom. The Hall–Kier alpha value is -4.13. The van der Waals surface area contributed by atoms with Gasteiger partial charge in [0.15, 0.2) is 0 Å². The summed E-state index contributed by atoms with van der Waals surface area (Å²) in [7, 11) is 2.31. The summed E-state index contributed by atoms with van der Waals surface area (Å²) >= 11 is 6.00. The summed E-state index contributed by atoms with van der Waals surface area (Å²) in [5.41, 5.74) is 5.43. The Balaban J connectivity index is 1.26. The zero-order valence-electron chi connectivity index (χ0n) is 26.7. The van der Waals surface area contributed by atoms with Crippen LogP contribution in [0.15, 0.2) is 104 Å². The van der Waals surface area contributed by atoms with Gasteiger partial charge in [0.2, 0.25) is 0 Å². The molecule has 3 aromatic carbocycles. The Morgan fingerprint density at radius 2 is 1.44 bits per heavy atom. The molecule has 0 saturated heterocycles. The molecule has 0 atom stereocenters. The SMILES string of the molecule is CC[N+](C)(CC)CCCOc1ccc(-n2cc(-c3ccc(OCCc4ccc(Cl)cc4)cc3)nc2CCc2cccnc2)cc1. The summed E-state index contributed by atoms with van der Waals surface area (Å²) in [6, 6.07) is 28.5.